The van der Waals surface area contributed by atoms with E-state index >= 15 is 0 Å². The molecule has 0 radical (unpaired) electrons. The number of carboxylic acid groups (broad SMARTS) is 1. The molecule has 38 heavy (non-hydrogen) atoms. The van der Waals surface area contributed by atoms with Gasteiger partial charge in [-0.2, -0.15) is 22.6 Å². The fraction of sp³-hybridized carbons (Fsp3) is 0.440. The van der Waals surface area contributed by atoms with Crippen LogP contribution in [0.1, 0.15) is 44.9 Å². The highest BCUT2D eigenvalue weighted by Gasteiger charge is 2.35. The van der Waals surface area contributed by atoms with E-state index in [0.29, 0.717) is 36.4 Å². The molecule has 1 N–H and O–H groups in total. The lowest BCUT2D eigenvalue weighted by Gasteiger charge is -2.22. The quantitative estimate of drug-likeness (QED) is 0.310. The molecule has 0 spiro atoms. The number of ether oxygens (including phenoxy) is 1. The number of hydrogen-bond donors (Lipinski definition) is 1. The zero-order chi connectivity index (χ0) is 28.3. The molecule has 0 amide bonds. The van der Waals surface area contributed by atoms with E-state index in [0.717, 1.165) is 27.6 Å². The first-order valence-electron chi connectivity index (χ1n) is 11.9. The average Bonchev–Trinajstić information content (AvgIpc) is 3.46. The van der Waals surface area contributed by atoms with Crippen LogP contribution in [0.15, 0.2) is 46.7 Å². The molecule has 0 saturated carbocycles. The molecule has 0 unspecified atom stereocenters. The molecule has 0 saturated heterocycles. The fourth-order valence-electron chi connectivity index (χ4n) is 3.70. The van der Waals surface area contributed by atoms with E-state index in [9.17, 15) is 31.5 Å². The highest BCUT2D eigenvalue weighted by atomic mass is 32.2. The van der Waals surface area contributed by atoms with Gasteiger partial charge in [0.05, 0.1) is 4.88 Å². The summed E-state index contributed by atoms with van der Waals surface area (Å²) in [4.78, 5) is 11.6. The highest BCUT2D eigenvalue weighted by molar-refractivity contribution is 7.91. The van der Waals surface area contributed by atoms with Crippen molar-refractivity contribution in [2.75, 3.05) is 13.1 Å². The number of aryl methyl sites for hydroxylation is 2. The van der Waals surface area contributed by atoms with Crippen molar-refractivity contribution < 1.29 is 36.2 Å². The summed E-state index contributed by atoms with van der Waals surface area (Å²) in [7, 11) is -2.66. The van der Waals surface area contributed by atoms with Crippen molar-refractivity contribution >= 4 is 27.3 Å². The Hall–Kier alpha value is -2.90. The van der Waals surface area contributed by atoms with Gasteiger partial charge in [0, 0.05) is 20.1 Å². The minimum absolute atomic E-state index is 0.0442. The van der Waals surface area contributed by atoms with Crippen LogP contribution in [0.2, 0.25) is 0 Å². The maximum atomic E-state index is 13.3. The molecule has 13 heteroatoms. The third kappa shape index (κ3) is 6.94. The molecule has 2 heterocycles. The molecule has 0 aliphatic rings. The van der Waals surface area contributed by atoms with Crippen LogP contribution >= 0.6 is 11.3 Å². The number of hydrogen-bond acceptors (Lipinski definition) is 6. The highest BCUT2D eigenvalue weighted by Crippen LogP contribution is 2.36. The first-order valence-corrected chi connectivity index (χ1v) is 14.1. The standard InChI is InChI=1S/C25H30F3N3O5S2/c1-5-14-31(15-6-7-17-8-10-18(11-9-17)36-24(2,3)23(32)33)38(34,35)22-13-12-20(37-22)19-16-21(25(26,27)28)30(4)29-19/h8-13,16H,5-7,14-15H2,1-4H3,(H,32,33). The molecular weight excluding hydrogens is 543 g/mol. The van der Waals surface area contributed by atoms with Crippen molar-refractivity contribution in [3.8, 4) is 16.3 Å². The van der Waals surface area contributed by atoms with Gasteiger partial charge >= 0.3 is 12.1 Å². The number of nitrogens with zero attached hydrogens (tertiary/aromatic N) is 3. The Labute approximate surface area is 223 Å². The molecule has 0 fully saturated rings. The van der Waals surface area contributed by atoms with Crippen LogP contribution in [0.3, 0.4) is 0 Å². The number of aliphatic carboxylic acids is 1. The third-order valence-corrected chi connectivity index (χ3v) is 9.23. The second-order valence-corrected chi connectivity index (χ2v) is 12.5. The molecule has 3 rings (SSSR count). The zero-order valence-electron chi connectivity index (χ0n) is 21.4. The van der Waals surface area contributed by atoms with Crippen molar-refractivity contribution in [3.05, 3.63) is 53.7 Å². The first-order chi connectivity index (χ1) is 17.6. The van der Waals surface area contributed by atoms with Crippen LogP contribution in [0.4, 0.5) is 13.2 Å². The summed E-state index contributed by atoms with van der Waals surface area (Å²) in [6.07, 6.45) is -2.85. The molecule has 0 aliphatic carbocycles. The van der Waals surface area contributed by atoms with Gasteiger partial charge in [-0.05, 0) is 69.0 Å². The Balaban J connectivity index is 1.68. The molecule has 2 aromatic heterocycles. The van der Waals surface area contributed by atoms with Gasteiger partial charge in [0.25, 0.3) is 10.0 Å². The maximum absolute atomic E-state index is 13.3. The third-order valence-electron chi connectivity index (χ3n) is 5.76. The second kappa shape index (κ2) is 11.5. The lowest BCUT2D eigenvalue weighted by molar-refractivity contribution is -0.152. The van der Waals surface area contributed by atoms with Crippen molar-refractivity contribution in [2.24, 2.45) is 7.05 Å². The number of thiophene rings is 1. The summed E-state index contributed by atoms with van der Waals surface area (Å²) in [5.41, 5.74) is -1.28. The summed E-state index contributed by atoms with van der Waals surface area (Å²) in [5, 5.41) is 13.1. The van der Waals surface area contributed by atoms with Crippen LogP contribution in [0.25, 0.3) is 10.6 Å². The number of carbonyl (C=O) groups is 1. The fourth-order valence-corrected chi connectivity index (χ4v) is 6.69. The SMILES string of the molecule is CCCN(CCCc1ccc(OC(C)(C)C(=O)O)cc1)S(=O)(=O)c1ccc(-c2cc(C(F)(F)F)n(C)n2)s1. The number of halogens is 3. The van der Waals surface area contributed by atoms with E-state index in [2.05, 4.69) is 5.10 Å². The van der Waals surface area contributed by atoms with Gasteiger partial charge in [-0.25, -0.2) is 13.2 Å². The van der Waals surface area contributed by atoms with E-state index < -0.39 is 33.5 Å². The maximum Gasteiger partial charge on any atom is 0.433 e. The van der Waals surface area contributed by atoms with Crippen molar-refractivity contribution in [1.82, 2.24) is 14.1 Å². The van der Waals surface area contributed by atoms with Crippen molar-refractivity contribution in [1.29, 1.82) is 0 Å². The number of rotatable bonds is 12. The van der Waals surface area contributed by atoms with Crippen LogP contribution in [-0.2, 0) is 34.5 Å². The minimum atomic E-state index is -4.56. The number of sulfonamides is 1. The Morgan fingerprint density at radius 2 is 1.79 bits per heavy atom. The van der Waals surface area contributed by atoms with Crippen LogP contribution in [0, 0.1) is 0 Å². The van der Waals surface area contributed by atoms with E-state index in [4.69, 9.17) is 4.74 Å². The topological polar surface area (TPSA) is 102 Å². The van der Waals surface area contributed by atoms with Gasteiger partial charge in [0.1, 0.15) is 21.3 Å². The number of alkyl halides is 3. The Morgan fingerprint density at radius 1 is 1.13 bits per heavy atom. The van der Waals surface area contributed by atoms with Crippen molar-refractivity contribution in [2.45, 2.75) is 56.0 Å². The predicted octanol–water partition coefficient (Wildman–Crippen LogP) is 5.44. The van der Waals surface area contributed by atoms with Crippen LogP contribution in [0.5, 0.6) is 5.75 Å². The Bertz CT molecular complexity index is 1360. The zero-order valence-corrected chi connectivity index (χ0v) is 23.1. The van der Waals surface area contributed by atoms with Gasteiger partial charge in [-0.1, -0.05) is 19.1 Å². The molecule has 8 nitrogen and oxygen atoms in total. The summed E-state index contributed by atoms with van der Waals surface area (Å²) < 4.78 is 73.7. The lowest BCUT2D eigenvalue weighted by Crippen LogP contribution is -2.37. The molecular formula is C25H30F3N3O5S2. The van der Waals surface area contributed by atoms with Crippen molar-refractivity contribution in [3.63, 3.8) is 0 Å². The molecule has 0 atom stereocenters. The number of carboxylic acids is 1. The summed E-state index contributed by atoms with van der Waals surface area (Å²) in [6.45, 7) is 5.34. The molecule has 0 bridgehead atoms. The monoisotopic (exact) mass is 573 g/mol. The molecule has 3 aromatic rings. The Kier molecular flexibility index (Phi) is 8.94. The normalized spacial score (nSPS) is 12.7. The van der Waals surface area contributed by atoms with Gasteiger partial charge in [0.2, 0.25) is 0 Å². The Morgan fingerprint density at radius 3 is 2.34 bits per heavy atom. The molecule has 0 aliphatic heterocycles. The smallest absolute Gasteiger partial charge is 0.433 e. The number of aromatic nitrogens is 2. The largest absolute Gasteiger partial charge is 0.478 e. The van der Waals surface area contributed by atoms with Gasteiger partial charge in [-0.15, -0.1) is 11.3 Å². The first kappa shape index (κ1) is 29.7. The summed E-state index contributed by atoms with van der Waals surface area (Å²) in [5.74, 6) is -0.664. The molecule has 1 aromatic carbocycles. The van der Waals surface area contributed by atoms with E-state index in [1.807, 2.05) is 6.92 Å². The van der Waals surface area contributed by atoms with E-state index in [1.165, 1.54) is 37.3 Å². The predicted molar refractivity (Wildman–Crippen MR) is 138 cm³/mol. The molecule has 208 valence electrons. The van der Waals surface area contributed by atoms with Crippen LogP contribution in [-0.4, -0.2) is 52.3 Å². The van der Waals surface area contributed by atoms with Crippen LogP contribution < -0.4 is 4.74 Å². The van der Waals surface area contributed by atoms with E-state index in [1.54, 1.807) is 24.3 Å². The average molecular weight is 574 g/mol. The lowest BCUT2D eigenvalue weighted by atomic mass is 10.1. The summed E-state index contributed by atoms with van der Waals surface area (Å²) in [6, 6.07) is 10.7. The summed E-state index contributed by atoms with van der Waals surface area (Å²) >= 11 is 0.889. The van der Waals surface area contributed by atoms with Gasteiger partial charge in [-0.3, -0.25) is 4.68 Å². The minimum Gasteiger partial charge on any atom is -0.478 e. The number of benzene rings is 1. The van der Waals surface area contributed by atoms with E-state index in [-0.39, 0.29) is 16.4 Å². The van der Waals surface area contributed by atoms with Gasteiger partial charge in [0.15, 0.2) is 5.60 Å². The second-order valence-electron chi connectivity index (χ2n) is 9.22. The van der Waals surface area contributed by atoms with Gasteiger partial charge < -0.3 is 9.84 Å².